The summed E-state index contributed by atoms with van der Waals surface area (Å²) in [6.45, 7) is 1.41. The van der Waals surface area contributed by atoms with Gasteiger partial charge in [0.2, 0.25) is 5.91 Å². The van der Waals surface area contributed by atoms with Crippen LogP contribution in [0, 0.1) is 17.1 Å². The van der Waals surface area contributed by atoms with Crippen molar-refractivity contribution in [3.8, 4) is 11.8 Å². The Morgan fingerprint density at radius 2 is 1.70 bits per heavy atom. The van der Waals surface area contributed by atoms with Crippen LogP contribution in [-0.4, -0.2) is 97.8 Å². The zero-order chi connectivity index (χ0) is 37.1. The van der Waals surface area contributed by atoms with Crippen LogP contribution >= 0.6 is 11.6 Å². The minimum atomic E-state index is -1.22. The number of imide groups is 2. The number of aromatic nitrogens is 2. The molecule has 3 atom stereocenters. The fourth-order valence-electron chi connectivity index (χ4n) is 8.47. The molecule has 1 aliphatic carbocycles. The monoisotopic (exact) mass is 740 g/mol. The molecule has 5 fully saturated rings. The SMILES string of the molecule is N#Cc1ccc(OC2CCC(N3C(=O)CC[C@@H](N4C(=O)c5ccc(CN6C[C@H]7C[C@H](C6)N7c6ccc(C(N)=O)nn6)c(F)c5C4=O)C3=O)CC2)cc1Cl. The smallest absolute Gasteiger partial charge is 0.269 e. The number of nitriles is 1. The van der Waals surface area contributed by atoms with Crippen LogP contribution in [-0.2, 0) is 16.1 Å². The van der Waals surface area contributed by atoms with Gasteiger partial charge in [0.15, 0.2) is 11.5 Å². The summed E-state index contributed by atoms with van der Waals surface area (Å²) in [6, 6.07) is 11.6. The van der Waals surface area contributed by atoms with Gasteiger partial charge < -0.3 is 15.4 Å². The Labute approximate surface area is 308 Å². The molecule has 5 aliphatic heterocycles. The van der Waals surface area contributed by atoms with Crippen LogP contribution in [0.3, 0.4) is 0 Å². The number of nitrogens with two attached hydrogens (primary N) is 1. The van der Waals surface area contributed by atoms with Gasteiger partial charge in [-0.3, -0.25) is 38.7 Å². The third kappa shape index (κ3) is 6.05. The molecule has 16 heteroatoms. The number of anilines is 1. The van der Waals surface area contributed by atoms with Crippen molar-refractivity contribution < 1.29 is 33.1 Å². The number of carbonyl (C=O) groups excluding carboxylic acids is 5. The van der Waals surface area contributed by atoms with E-state index in [9.17, 15) is 24.0 Å². The number of primary amides is 1. The molecule has 2 N–H and O–H groups in total. The lowest BCUT2D eigenvalue weighted by atomic mass is 9.87. The second kappa shape index (κ2) is 13.5. The maximum absolute atomic E-state index is 16.1. The Balaban J connectivity index is 0.913. The van der Waals surface area contributed by atoms with Gasteiger partial charge in [0.1, 0.15) is 23.7 Å². The molecule has 6 aliphatic rings. The first kappa shape index (κ1) is 34.6. The molecule has 0 spiro atoms. The molecule has 2 bridgehead atoms. The number of piperazine rings is 1. The van der Waals surface area contributed by atoms with Crippen molar-refractivity contribution in [1.82, 2.24) is 24.9 Å². The maximum Gasteiger partial charge on any atom is 0.269 e. The molecule has 3 aromatic rings. The number of hydrogen-bond donors (Lipinski definition) is 1. The number of benzene rings is 2. The first-order chi connectivity index (χ1) is 25.5. The lowest BCUT2D eigenvalue weighted by Gasteiger charge is -2.56. The largest absolute Gasteiger partial charge is 0.490 e. The van der Waals surface area contributed by atoms with Gasteiger partial charge in [-0.25, -0.2) is 4.39 Å². The second-order valence-electron chi connectivity index (χ2n) is 14.2. The third-order valence-corrected chi connectivity index (χ3v) is 11.4. The highest BCUT2D eigenvalue weighted by molar-refractivity contribution is 6.31. The molecule has 4 saturated heterocycles. The molecular weight excluding hydrogens is 707 g/mol. The summed E-state index contributed by atoms with van der Waals surface area (Å²) in [5.41, 5.74) is 5.51. The number of halogens is 2. The number of amides is 5. The van der Waals surface area contributed by atoms with Crippen molar-refractivity contribution >= 4 is 47.0 Å². The zero-order valence-corrected chi connectivity index (χ0v) is 29.2. The lowest BCUT2D eigenvalue weighted by molar-refractivity contribution is -0.155. The Kier molecular flexibility index (Phi) is 8.82. The highest BCUT2D eigenvalue weighted by Gasteiger charge is 2.50. The molecule has 1 saturated carbocycles. The summed E-state index contributed by atoms with van der Waals surface area (Å²) in [5, 5.41) is 17.5. The Morgan fingerprint density at radius 1 is 0.943 bits per heavy atom. The normalized spacial score (nSPS) is 25.6. The number of hydrogen-bond acceptors (Lipinski definition) is 11. The summed E-state index contributed by atoms with van der Waals surface area (Å²) >= 11 is 6.14. The molecule has 2 aromatic carbocycles. The summed E-state index contributed by atoms with van der Waals surface area (Å²) < 4.78 is 22.2. The average Bonchev–Trinajstić information content (AvgIpc) is 3.39. The highest BCUT2D eigenvalue weighted by atomic mass is 35.5. The van der Waals surface area contributed by atoms with Gasteiger partial charge in [0.05, 0.1) is 27.8 Å². The number of ether oxygens (including phenoxy) is 1. The van der Waals surface area contributed by atoms with E-state index in [-0.39, 0.29) is 70.9 Å². The number of nitrogens with zero attached hydrogens (tertiary/aromatic N) is 7. The topological polar surface area (TPSA) is 183 Å². The minimum Gasteiger partial charge on any atom is -0.490 e. The van der Waals surface area contributed by atoms with Gasteiger partial charge in [-0.15, -0.1) is 10.2 Å². The van der Waals surface area contributed by atoms with Crippen LogP contribution in [0.15, 0.2) is 42.5 Å². The Hall–Kier alpha value is -5.46. The van der Waals surface area contributed by atoms with E-state index in [4.69, 9.17) is 27.3 Å². The summed E-state index contributed by atoms with van der Waals surface area (Å²) in [7, 11) is 0. The van der Waals surface area contributed by atoms with Crippen molar-refractivity contribution in [3.63, 3.8) is 0 Å². The molecule has 272 valence electrons. The molecule has 5 amide bonds. The standard InChI is InChI=1S/C37H34ClFN8O6/c38-27-14-25(5-1-19(27)15-40)53-24-6-3-21(4-7-24)46-31(48)12-10-29(36(46)51)47-35(50)26-8-2-20(33(39)32(26)37(47)52)16-44-17-22-13-23(18-44)45(22)30-11-9-28(34(41)49)42-43-30/h1-2,5,8-9,11,14,21-24,29H,3-4,6-7,10,12-13,16-18H2,(H2,41,49)/t21?,22-,23-,24?,29-/m1/s1. The number of fused-ring (bicyclic) bond motifs is 3. The van der Waals surface area contributed by atoms with Crippen molar-refractivity contribution in [2.45, 2.75) is 81.8 Å². The molecule has 6 heterocycles. The van der Waals surface area contributed by atoms with Crippen LogP contribution < -0.4 is 15.4 Å². The molecular formula is C37H34ClFN8O6. The van der Waals surface area contributed by atoms with Gasteiger partial charge in [-0.2, -0.15) is 5.26 Å². The van der Waals surface area contributed by atoms with Gasteiger partial charge in [-0.05, 0) is 68.9 Å². The molecule has 0 unspecified atom stereocenters. The Morgan fingerprint density at radius 3 is 2.36 bits per heavy atom. The fourth-order valence-corrected chi connectivity index (χ4v) is 8.69. The van der Waals surface area contributed by atoms with E-state index in [0.717, 1.165) is 11.3 Å². The average molecular weight is 741 g/mol. The van der Waals surface area contributed by atoms with Crippen molar-refractivity contribution in [3.05, 3.63) is 81.3 Å². The minimum absolute atomic E-state index is 0.0330. The first-order valence-corrected chi connectivity index (χ1v) is 18.0. The van der Waals surface area contributed by atoms with Crippen LogP contribution in [0.5, 0.6) is 5.75 Å². The van der Waals surface area contributed by atoms with E-state index in [2.05, 4.69) is 20.0 Å². The first-order valence-electron chi connectivity index (χ1n) is 17.6. The van der Waals surface area contributed by atoms with E-state index in [1.807, 2.05) is 6.07 Å². The fraction of sp³-hybridized carbons (Fsp3) is 0.405. The summed E-state index contributed by atoms with van der Waals surface area (Å²) in [4.78, 5) is 72.0. The van der Waals surface area contributed by atoms with Gasteiger partial charge in [-0.1, -0.05) is 17.7 Å². The number of piperidine rings is 2. The van der Waals surface area contributed by atoms with E-state index in [1.54, 1.807) is 24.3 Å². The predicted molar refractivity (Wildman–Crippen MR) is 185 cm³/mol. The highest BCUT2D eigenvalue weighted by Crippen LogP contribution is 2.38. The molecule has 1 aromatic heterocycles. The zero-order valence-electron chi connectivity index (χ0n) is 28.4. The number of rotatable bonds is 8. The number of likely N-dealkylation sites (tertiary alicyclic amines) is 1. The van der Waals surface area contributed by atoms with Gasteiger partial charge in [0.25, 0.3) is 23.6 Å². The van der Waals surface area contributed by atoms with Crippen LogP contribution in [0.1, 0.15) is 87.3 Å². The predicted octanol–water partition coefficient (Wildman–Crippen LogP) is 3.21. The number of carbonyl (C=O) groups is 5. The summed E-state index contributed by atoms with van der Waals surface area (Å²) in [6.07, 6.45) is 2.66. The van der Waals surface area contributed by atoms with Crippen LogP contribution in [0.4, 0.5) is 10.2 Å². The van der Waals surface area contributed by atoms with Gasteiger partial charge in [0, 0.05) is 55.8 Å². The van der Waals surface area contributed by atoms with Gasteiger partial charge >= 0.3 is 0 Å². The molecule has 0 radical (unpaired) electrons. The second-order valence-corrected chi connectivity index (χ2v) is 14.6. The summed E-state index contributed by atoms with van der Waals surface area (Å²) in [5.74, 6) is -2.92. The molecule has 53 heavy (non-hydrogen) atoms. The third-order valence-electron chi connectivity index (χ3n) is 11.0. The van der Waals surface area contributed by atoms with E-state index in [0.29, 0.717) is 55.9 Å². The quantitative estimate of drug-likeness (QED) is 0.335. The lowest BCUT2D eigenvalue weighted by Crippen LogP contribution is -2.69. The van der Waals surface area contributed by atoms with E-state index >= 15 is 4.39 Å². The van der Waals surface area contributed by atoms with Crippen LogP contribution in [0.2, 0.25) is 5.02 Å². The van der Waals surface area contributed by atoms with Crippen molar-refractivity contribution in [2.24, 2.45) is 5.73 Å². The molecule has 9 rings (SSSR count). The molecule has 14 nitrogen and oxygen atoms in total. The van der Waals surface area contributed by atoms with Crippen molar-refractivity contribution in [1.29, 1.82) is 5.26 Å². The van der Waals surface area contributed by atoms with E-state index < -0.39 is 41.5 Å². The van der Waals surface area contributed by atoms with E-state index in [1.165, 1.54) is 23.1 Å². The van der Waals surface area contributed by atoms with Crippen LogP contribution in [0.25, 0.3) is 0 Å². The maximum atomic E-state index is 16.1. The Bertz CT molecular complexity index is 2090. The van der Waals surface area contributed by atoms with Crippen molar-refractivity contribution in [2.75, 3.05) is 18.0 Å².